The predicted octanol–water partition coefficient (Wildman–Crippen LogP) is 4.68. The fourth-order valence-corrected chi connectivity index (χ4v) is 5.12. The summed E-state index contributed by atoms with van der Waals surface area (Å²) < 4.78 is 21.0. The number of rotatable bonds is 5. The van der Waals surface area contributed by atoms with Gasteiger partial charge >= 0.3 is 0 Å². The van der Waals surface area contributed by atoms with Crippen molar-refractivity contribution in [3.05, 3.63) is 76.6 Å². The number of pyridine rings is 3. The van der Waals surface area contributed by atoms with Gasteiger partial charge in [-0.2, -0.15) is 0 Å². The number of H-pyrrole nitrogens is 1. The van der Waals surface area contributed by atoms with E-state index in [4.69, 9.17) is 4.74 Å². The maximum atomic E-state index is 15.3. The lowest BCUT2D eigenvalue weighted by Gasteiger charge is -2.31. The first-order chi connectivity index (χ1) is 18.0. The Morgan fingerprint density at radius 1 is 1.11 bits per heavy atom. The summed E-state index contributed by atoms with van der Waals surface area (Å²) in [7, 11) is 0. The van der Waals surface area contributed by atoms with Crippen LogP contribution in [0.15, 0.2) is 59.7 Å². The zero-order chi connectivity index (χ0) is 25.4. The number of piperidine rings is 1. The van der Waals surface area contributed by atoms with Crippen molar-refractivity contribution in [2.24, 2.45) is 0 Å². The molecule has 6 rings (SSSR count). The van der Waals surface area contributed by atoms with Crippen molar-refractivity contribution in [3.8, 4) is 11.3 Å². The topological polar surface area (TPSA) is 103 Å². The molecule has 2 fully saturated rings. The molecular weight excluding hydrogens is 473 g/mol. The van der Waals surface area contributed by atoms with E-state index in [1.807, 2.05) is 18.2 Å². The second-order valence-corrected chi connectivity index (χ2v) is 9.61. The molecule has 5 heterocycles. The van der Waals surface area contributed by atoms with Gasteiger partial charge in [0.15, 0.2) is 0 Å². The summed E-state index contributed by atoms with van der Waals surface area (Å²) >= 11 is 0. The fourth-order valence-electron chi connectivity index (χ4n) is 5.12. The van der Waals surface area contributed by atoms with Gasteiger partial charge < -0.3 is 25.0 Å². The van der Waals surface area contributed by atoms with Gasteiger partial charge in [0.1, 0.15) is 11.6 Å². The molecule has 0 radical (unpaired) electrons. The smallest absolute Gasteiger partial charge is 0.259 e. The molecule has 1 unspecified atom stereocenters. The Kier molecular flexibility index (Phi) is 6.31. The molecule has 0 amide bonds. The molecule has 2 aliphatic heterocycles. The second kappa shape index (κ2) is 9.91. The average Bonchev–Trinajstić information content (AvgIpc) is 3.45. The quantitative estimate of drug-likeness (QED) is 0.365. The lowest BCUT2D eigenvalue weighted by molar-refractivity contribution is 0.111. The standard InChI is InChI=1S/C28H28FN5O3/c29-21-14-17(25-2-1-13-37-25)3-5-20(21)23-15-24(27-22(32-23)7-10-30-28(27)36)33-26-6-4-18(16-31-26)34-11-8-19(35)9-12-34/h3-7,10,14-16,19,25,35H,1-2,8-9,11-13H2,(H,30,36)(H,31,32,33). The lowest BCUT2D eigenvalue weighted by Crippen LogP contribution is -2.35. The molecule has 2 saturated heterocycles. The minimum absolute atomic E-state index is 0.0760. The van der Waals surface area contributed by atoms with Crippen LogP contribution in [0.5, 0.6) is 0 Å². The van der Waals surface area contributed by atoms with Crippen LogP contribution < -0.4 is 15.8 Å². The van der Waals surface area contributed by atoms with Crippen LogP contribution in [0.25, 0.3) is 22.2 Å². The Bertz CT molecular complexity index is 1480. The number of aliphatic hydroxyl groups is 1. The van der Waals surface area contributed by atoms with Gasteiger partial charge in [0.2, 0.25) is 0 Å². The number of halogens is 1. The normalized spacial score (nSPS) is 18.4. The third-order valence-electron chi connectivity index (χ3n) is 7.14. The highest BCUT2D eigenvalue weighted by molar-refractivity contribution is 5.94. The summed E-state index contributed by atoms with van der Waals surface area (Å²) in [5, 5.41) is 13.4. The Hall–Kier alpha value is -3.82. The number of nitrogens with zero attached hydrogens (tertiary/aromatic N) is 3. The summed E-state index contributed by atoms with van der Waals surface area (Å²) in [6, 6.07) is 12.3. The number of aromatic amines is 1. The SMILES string of the molecule is O=c1[nH]ccc2nc(-c3ccc(C4CCCO4)cc3F)cc(Nc3ccc(N4CCC(O)CC4)cn3)c12. The van der Waals surface area contributed by atoms with E-state index in [1.165, 1.54) is 12.3 Å². The van der Waals surface area contributed by atoms with Gasteiger partial charge in [0.05, 0.1) is 46.4 Å². The molecule has 3 N–H and O–H groups in total. The molecular formula is C28H28FN5O3. The number of nitrogens with one attached hydrogen (secondary N) is 2. The molecule has 190 valence electrons. The number of aliphatic hydroxyl groups excluding tert-OH is 1. The Labute approximate surface area is 213 Å². The average molecular weight is 502 g/mol. The van der Waals surface area contributed by atoms with Crippen molar-refractivity contribution in [3.63, 3.8) is 0 Å². The van der Waals surface area contributed by atoms with Crippen LogP contribution in [0.1, 0.15) is 37.4 Å². The van der Waals surface area contributed by atoms with E-state index in [2.05, 4.69) is 25.2 Å². The maximum Gasteiger partial charge on any atom is 0.259 e. The molecule has 37 heavy (non-hydrogen) atoms. The molecule has 0 aliphatic carbocycles. The van der Waals surface area contributed by atoms with Crippen LogP contribution in [-0.2, 0) is 4.74 Å². The van der Waals surface area contributed by atoms with Gasteiger partial charge in [-0.25, -0.2) is 14.4 Å². The van der Waals surface area contributed by atoms with Crippen molar-refractivity contribution in [2.75, 3.05) is 29.9 Å². The van der Waals surface area contributed by atoms with Crippen LogP contribution in [0.2, 0.25) is 0 Å². The summed E-state index contributed by atoms with van der Waals surface area (Å²) in [6.07, 6.45) is 6.32. The second-order valence-electron chi connectivity index (χ2n) is 9.61. The maximum absolute atomic E-state index is 15.3. The molecule has 4 aromatic rings. The lowest BCUT2D eigenvalue weighted by atomic mass is 10.0. The van der Waals surface area contributed by atoms with E-state index in [9.17, 15) is 9.90 Å². The summed E-state index contributed by atoms with van der Waals surface area (Å²) in [5.41, 5.74) is 3.21. The number of fused-ring (bicyclic) bond motifs is 1. The zero-order valence-corrected chi connectivity index (χ0v) is 20.3. The summed E-state index contributed by atoms with van der Waals surface area (Å²) in [6.45, 7) is 2.25. The van der Waals surface area contributed by atoms with Crippen LogP contribution in [0, 0.1) is 5.82 Å². The Morgan fingerprint density at radius 2 is 1.97 bits per heavy atom. The molecule has 0 spiro atoms. The first-order valence-electron chi connectivity index (χ1n) is 12.6. The highest BCUT2D eigenvalue weighted by Crippen LogP contribution is 2.34. The van der Waals surface area contributed by atoms with E-state index in [-0.39, 0.29) is 23.6 Å². The summed E-state index contributed by atoms with van der Waals surface area (Å²) in [5.74, 6) is 0.168. The number of hydrogen-bond acceptors (Lipinski definition) is 7. The zero-order valence-electron chi connectivity index (χ0n) is 20.3. The largest absolute Gasteiger partial charge is 0.393 e. The third kappa shape index (κ3) is 4.80. The molecule has 3 aromatic heterocycles. The minimum Gasteiger partial charge on any atom is -0.393 e. The molecule has 1 aromatic carbocycles. The van der Waals surface area contributed by atoms with Crippen LogP contribution in [0.4, 0.5) is 21.6 Å². The molecule has 8 nitrogen and oxygen atoms in total. The Morgan fingerprint density at radius 3 is 2.70 bits per heavy atom. The van der Waals surface area contributed by atoms with Crippen LogP contribution >= 0.6 is 0 Å². The van der Waals surface area contributed by atoms with E-state index in [0.29, 0.717) is 40.3 Å². The fraction of sp³-hybridized carbons (Fsp3) is 0.321. The van der Waals surface area contributed by atoms with E-state index in [0.717, 1.165) is 50.0 Å². The van der Waals surface area contributed by atoms with Gasteiger partial charge in [-0.15, -0.1) is 0 Å². The van der Waals surface area contributed by atoms with Gasteiger partial charge in [0.25, 0.3) is 5.56 Å². The number of anilines is 3. The van der Waals surface area contributed by atoms with E-state index >= 15 is 4.39 Å². The van der Waals surface area contributed by atoms with Crippen molar-refractivity contribution < 1.29 is 14.2 Å². The monoisotopic (exact) mass is 501 g/mol. The number of ether oxygens (including phenoxy) is 1. The first-order valence-corrected chi connectivity index (χ1v) is 12.6. The molecule has 1 atom stereocenters. The minimum atomic E-state index is -0.384. The summed E-state index contributed by atoms with van der Waals surface area (Å²) in [4.78, 5) is 26.7. The van der Waals surface area contributed by atoms with E-state index < -0.39 is 0 Å². The Balaban J connectivity index is 1.33. The highest BCUT2D eigenvalue weighted by Gasteiger charge is 2.21. The molecule has 2 aliphatic rings. The van der Waals surface area contributed by atoms with Gasteiger partial charge in [-0.05, 0) is 67.6 Å². The van der Waals surface area contributed by atoms with Gasteiger partial charge in [-0.3, -0.25) is 4.79 Å². The predicted molar refractivity (Wildman–Crippen MR) is 141 cm³/mol. The molecule has 9 heteroatoms. The third-order valence-corrected chi connectivity index (χ3v) is 7.14. The molecule has 0 saturated carbocycles. The van der Waals surface area contributed by atoms with Crippen molar-refractivity contribution in [1.29, 1.82) is 0 Å². The first kappa shape index (κ1) is 23.6. The van der Waals surface area contributed by atoms with E-state index in [1.54, 1.807) is 24.4 Å². The van der Waals surface area contributed by atoms with Crippen molar-refractivity contribution >= 4 is 28.1 Å². The van der Waals surface area contributed by atoms with Crippen molar-refractivity contribution in [2.45, 2.75) is 37.9 Å². The van der Waals surface area contributed by atoms with Crippen LogP contribution in [0.3, 0.4) is 0 Å². The van der Waals surface area contributed by atoms with Crippen molar-refractivity contribution in [1.82, 2.24) is 15.0 Å². The highest BCUT2D eigenvalue weighted by atomic mass is 19.1. The van der Waals surface area contributed by atoms with Gasteiger partial charge in [0, 0.05) is 31.5 Å². The number of benzene rings is 1. The number of aromatic nitrogens is 3. The van der Waals surface area contributed by atoms with Crippen LogP contribution in [-0.4, -0.2) is 45.9 Å². The van der Waals surface area contributed by atoms with Gasteiger partial charge in [-0.1, -0.05) is 6.07 Å². The number of hydrogen-bond donors (Lipinski definition) is 3. The molecule has 0 bridgehead atoms.